The lowest BCUT2D eigenvalue weighted by molar-refractivity contribution is 0.00403. The molecule has 4 nitrogen and oxygen atoms in total. The number of piperidine rings is 1. The van der Waals surface area contributed by atoms with E-state index in [4.69, 9.17) is 0 Å². The summed E-state index contributed by atoms with van der Waals surface area (Å²) in [4.78, 5) is 2.06. The Morgan fingerprint density at radius 3 is 2.67 bits per heavy atom. The number of aliphatic hydroxyl groups is 3. The molecule has 4 heteroatoms. The van der Waals surface area contributed by atoms with E-state index in [1.54, 1.807) is 0 Å². The molecular formula is C8H15NO3. The molecule has 0 aromatic carbocycles. The Hall–Kier alpha value is -0.160. The van der Waals surface area contributed by atoms with Gasteiger partial charge in [-0.2, -0.15) is 0 Å². The number of fused-ring (bicyclic) bond motifs is 1. The van der Waals surface area contributed by atoms with Crippen molar-refractivity contribution in [1.29, 1.82) is 0 Å². The zero-order valence-corrected chi connectivity index (χ0v) is 6.93. The highest BCUT2D eigenvalue weighted by Gasteiger charge is 2.42. The summed E-state index contributed by atoms with van der Waals surface area (Å²) in [6, 6.07) is -0.0243. The second kappa shape index (κ2) is 2.96. The van der Waals surface area contributed by atoms with Crippen LogP contribution in [0.25, 0.3) is 0 Å². The van der Waals surface area contributed by atoms with Crippen molar-refractivity contribution in [3.8, 4) is 0 Å². The summed E-state index contributed by atoms with van der Waals surface area (Å²) in [6.07, 6.45) is -0.236. The molecule has 0 aromatic heterocycles. The van der Waals surface area contributed by atoms with E-state index in [9.17, 15) is 15.3 Å². The maximum atomic E-state index is 9.51. The predicted octanol–water partition coefficient (Wildman–Crippen LogP) is -1.45. The molecule has 2 rings (SSSR count). The zero-order chi connectivity index (χ0) is 8.72. The van der Waals surface area contributed by atoms with Crippen LogP contribution in [0.2, 0.25) is 0 Å². The molecule has 2 heterocycles. The third-order valence-corrected chi connectivity index (χ3v) is 2.94. The molecule has 0 amide bonds. The molecule has 2 aliphatic heterocycles. The van der Waals surface area contributed by atoms with Crippen molar-refractivity contribution in [2.24, 2.45) is 0 Å². The average Bonchev–Trinajstić information content (AvgIpc) is 2.31. The third-order valence-electron chi connectivity index (χ3n) is 2.94. The first kappa shape index (κ1) is 8.44. The standard InChI is InChI=1S/C8H15NO3/c10-5-1-2-9-4-7(11)8(12)6(9)3-5/h5-8,10-12H,1-4H2/t5-,6+,7+,8-/m1/s1. The predicted molar refractivity (Wildman–Crippen MR) is 42.6 cm³/mol. The van der Waals surface area contributed by atoms with Crippen LogP contribution in [0.15, 0.2) is 0 Å². The molecule has 2 fully saturated rings. The van der Waals surface area contributed by atoms with E-state index in [0.717, 1.165) is 13.0 Å². The molecule has 12 heavy (non-hydrogen) atoms. The molecule has 2 aliphatic rings. The van der Waals surface area contributed by atoms with Gasteiger partial charge in [0.1, 0.15) is 0 Å². The molecule has 0 spiro atoms. The number of aliphatic hydroxyl groups excluding tert-OH is 3. The Morgan fingerprint density at radius 2 is 1.92 bits per heavy atom. The molecule has 0 saturated carbocycles. The van der Waals surface area contributed by atoms with Crippen molar-refractivity contribution in [3.05, 3.63) is 0 Å². The fraction of sp³-hybridized carbons (Fsp3) is 1.00. The smallest absolute Gasteiger partial charge is 0.0967 e. The van der Waals surface area contributed by atoms with Gasteiger partial charge < -0.3 is 15.3 Å². The van der Waals surface area contributed by atoms with Crippen LogP contribution >= 0.6 is 0 Å². The fourth-order valence-electron chi connectivity index (χ4n) is 2.21. The van der Waals surface area contributed by atoms with E-state index in [2.05, 4.69) is 4.90 Å². The van der Waals surface area contributed by atoms with Gasteiger partial charge in [0.25, 0.3) is 0 Å². The van der Waals surface area contributed by atoms with E-state index < -0.39 is 12.2 Å². The molecule has 0 unspecified atom stereocenters. The molecule has 0 aromatic rings. The normalized spacial score (nSPS) is 49.2. The zero-order valence-electron chi connectivity index (χ0n) is 6.93. The van der Waals surface area contributed by atoms with Crippen molar-refractivity contribution in [3.63, 3.8) is 0 Å². The summed E-state index contributed by atoms with van der Waals surface area (Å²) < 4.78 is 0. The Kier molecular flexibility index (Phi) is 2.08. The van der Waals surface area contributed by atoms with Crippen molar-refractivity contribution >= 4 is 0 Å². The van der Waals surface area contributed by atoms with Crippen LogP contribution < -0.4 is 0 Å². The Bertz CT molecular complexity index is 176. The van der Waals surface area contributed by atoms with Gasteiger partial charge in [0.15, 0.2) is 0 Å². The highest BCUT2D eigenvalue weighted by atomic mass is 16.3. The minimum Gasteiger partial charge on any atom is -0.393 e. The molecule has 2 saturated heterocycles. The first-order valence-corrected chi connectivity index (χ1v) is 4.46. The third kappa shape index (κ3) is 1.25. The average molecular weight is 173 g/mol. The molecule has 4 atom stereocenters. The van der Waals surface area contributed by atoms with Crippen LogP contribution in [0.3, 0.4) is 0 Å². The van der Waals surface area contributed by atoms with Crippen molar-refractivity contribution in [2.45, 2.75) is 37.2 Å². The summed E-state index contributed by atoms with van der Waals surface area (Å²) in [7, 11) is 0. The van der Waals surface area contributed by atoms with Gasteiger partial charge in [-0.3, -0.25) is 4.90 Å². The Labute approximate surface area is 71.4 Å². The summed E-state index contributed by atoms with van der Waals surface area (Å²) in [5.41, 5.74) is 0. The van der Waals surface area contributed by atoms with E-state index in [1.807, 2.05) is 0 Å². The van der Waals surface area contributed by atoms with Gasteiger partial charge in [-0.25, -0.2) is 0 Å². The second-order valence-electron chi connectivity index (χ2n) is 3.80. The Morgan fingerprint density at radius 1 is 1.17 bits per heavy atom. The van der Waals surface area contributed by atoms with Crippen LogP contribution in [0.4, 0.5) is 0 Å². The van der Waals surface area contributed by atoms with Crippen LogP contribution in [0.5, 0.6) is 0 Å². The van der Waals surface area contributed by atoms with Gasteiger partial charge in [-0.15, -0.1) is 0 Å². The molecule has 3 N–H and O–H groups in total. The van der Waals surface area contributed by atoms with Gasteiger partial charge in [0.05, 0.1) is 18.3 Å². The molecule has 0 aliphatic carbocycles. The quantitative estimate of drug-likeness (QED) is 0.419. The van der Waals surface area contributed by atoms with Gasteiger partial charge in [-0.05, 0) is 12.8 Å². The maximum Gasteiger partial charge on any atom is 0.0967 e. The van der Waals surface area contributed by atoms with Crippen LogP contribution in [0.1, 0.15) is 12.8 Å². The van der Waals surface area contributed by atoms with Crippen LogP contribution in [-0.4, -0.2) is 57.7 Å². The van der Waals surface area contributed by atoms with E-state index in [0.29, 0.717) is 13.0 Å². The topological polar surface area (TPSA) is 63.9 Å². The summed E-state index contributed by atoms with van der Waals surface area (Å²) in [5, 5.41) is 28.2. The van der Waals surface area contributed by atoms with Gasteiger partial charge in [0.2, 0.25) is 0 Å². The minimum atomic E-state index is -0.667. The lowest BCUT2D eigenvalue weighted by Crippen LogP contribution is -2.44. The first-order valence-electron chi connectivity index (χ1n) is 4.46. The lowest BCUT2D eigenvalue weighted by atomic mass is 9.98. The highest BCUT2D eigenvalue weighted by molar-refractivity contribution is 4.97. The maximum absolute atomic E-state index is 9.51. The summed E-state index contributed by atoms with van der Waals surface area (Å²) in [5.74, 6) is 0. The minimum absolute atomic E-state index is 0.0243. The van der Waals surface area contributed by atoms with E-state index >= 15 is 0 Å². The van der Waals surface area contributed by atoms with Crippen molar-refractivity contribution in [1.82, 2.24) is 4.90 Å². The Balaban J connectivity index is 2.05. The van der Waals surface area contributed by atoms with Crippen LogP contribution in [-0.2, 0) is 0 Å². The van der Waals surface area contributed by atoms with Gasteiger partial charge >= 0.3 is 0 Å². The van der Waals surface area contributed by atoms with Gasteiger partial charge in [0, 0.05) is 19.1 Å². The molecular weight excluding hydrogens is 158 g/mol. The van der Waals surface area contributed by atoms with Crippen molar-refractivity contribution < 1.29 is 15.3 Å². The second-order valence-corrected chi connectivity index (χ2v) is 3.80. The monoisotopic (exact) mass is 173 g/mol. The number of nitrogens with zero attached hydrogens (tertiary/aromatic N) is 1. The van der Waals surface area contributed by atoms with E-state index in [-0.39, 0.29) is 12.1 Å². The number of rotatable bonds is 0. The summed E-state index contributed by atoms with van der Waals surface area (Å²) >= 11 is 0. The van der Waals surface area contributed by atoms with E-state index in [1.165, 1.54) is 0 Å². The fourth-order valence-corrected chi connectivity index (χ4v) is 2.21. The molecule has 0 radical (unpaired) electrons. The highest BCUT2D eigenvalue weighted by Crippen LogP contribution is 2.27. The number of hydrogen-bond donors (Lipinski definition) is 3. The molecule has 0 bridgehead atoms. The lowest BCUT2D eigenvalue weighted by Gasteiger charge is -2.33. The largest absolute Gasteiger partial charge is 0.393 e. The first-order chi connectivity index (χ1) is 5.68. The van der Waals surface area contributed by atoms with Crippen molar-refractivity contribution in [2.75, 3.05) is 13.1 Å². The SMILES string of the molecule is O[C@@H]1CCN2C[C@H](O)[C@H](O)[C@@H]2C1. The van der Waals surface area contributed by atoms with Gasteiger partial charge in [-0.1, -0.05) is 0 Å². The number of hydrogen-bond acceptors (Lipinski definition) is 4. The van der Waals surface area contributed by atoms with Crippen LogP contribution in [0, 0.1) is 0 Å². The summed E-state index contributed by atoms with van der Waals surface area (Å²) in [6.45, 7) is 1.35. The molecule has 70 valence electrons.